The number of ether oxygens (including phenoxy) is 2. The highest BCUT2D eigenvalue weighted by molar-refractivity contribution is 5.91. The molecule has 3 heterocycles. The third-order valence-corrected chi connectivity index (χ3v) is 7.00. The van der Waals surface area contributed by atoms with Crippen molar-refractivity contribution in [3.63, 3.8) is 0 Å². The van der Waals surface area contributed by atoms with Crippen LogP contribution < -0.4 is 4.74 Å². The fourth-order valence-corrected chi connectivity index (χ4v) is 4.89. The van der Waals surface area contributed by atoms with Gasteiger partial charge in [0.2, 0.25) is 5.91 Å². The van der Waals surface area contributed by atoms with Gasteiger partial charge in [-0.2, -0.15) is 0 Å². The Balaban J connectivity index is 1.16. The van der Waals surface area contributed by atoms with E-state index in [0.29, 0.717) is 18.4 Å². The molecule has 1 atom stereocenters. The average molecular weight is 422 g/mol. The monoisotopic (exact) mass is 421 g/mol. The Bertz CT molecular complexity index is 877. The van der Waals surface area contributed by atoms with Gasteiger partial charge >= 0.3 is 0 Å². The second-order valence-electron chi connectivity index (χ2n) is 8.93. The van der Waals surface area contributed by atoms with Gasteiger partial charge in [0.15, 0.2) is 0 Å². The zero-order chi connectivity index (χ0) is 21.1. The maximum Gasteiger partial charge on any atom is 0.233 e. The van der Waals surface area contributed by atoms with E-state index in [-0.39, 0.29) is 5.41 Å². The fraction of sp³-hybridized carbons (Fsp3) is 0.520. The Labute approximate surface area is 184 Å². The van der Waals surface area contributed by atoms with Gasteiger partial charge in [0.05, 0.1) is 18.6 Å². The Hall–Kier alpha value is -2.44. The minimum Gasteiger partial charge on any atom is -0.492 e. The van der Waals surface area contributed by atoms with Crippen LogP contribution in [0.3, 0.4) is 0 Å². The first-order chi connectivity index (χ1) is 15.2. The van der Waals surface area contributed by atoms with Crippen LogP contribution in [0.15, 0.2) is 48.8 Å². The van der Waals surface area contributed by atoms with Crippen molar-refractivity contribution in [2.24, 2.45) is 0 Å². The summed E-state index contributed by atoms with van der Waals surface area (Å²) in [5.74, 6) is 1.59. The van der Waals surface area contributed by atoms with Crippen molar-refractivity contribution in [3.05, 3.63) is 59.9 Å². The average Bonchev–Trinajstić information content (AvgIpc) is 3.49. The maximum absolute atomic E-state index is 13.4. The molecule has 2 aliphatic heterocycles. The van der Waals surface area contributed by atoms with Gasteiger partial charge in [0.25, 0.3) is 0 Å². The minimum atomic E-state index is -0.320. The van der Waals surface area contributed by atoms with Gasteiger partial charge < -0.3 is 14.4 Å². The van der Waals surface area contributed by atoms with E-state index in [4.69, 9.17) is 9.47 Å². The van der Waals surface area contributed by atoms with Crippen LogP contribution in [0.25, 0.3) is 0 Å². The number of likely N-dealkylation sites (tertiary alicyclic amines) is 1. The SMILES string of the molecule is O=C(N1CCC(c2ccncc2)C1)C1(c2ccc(OCCN3CCOCC3)cc2)CC1. The van der Waals surface area contributed by atoms with E-state index < -0.39 is 0 Å². The number of nitrogens with zero attached hydrogens (tertiary/aromatic N) is 3. The molecular formula is C25H31N3O3. The second kappa shape index (κ2) is 8.97. The minimum absolute atomic E-state index is 0.296. The summed E-state index contributed by atoms with van der Waals surface area (Å²) in [6.07, 6.45) is 6.60. The lowest BCUT2D eigenvalue weighted by Gasteiger charge is -2.26. The van der Waals surface area contributed by atoms with Crippen LogP contribution in [0.2, 0.25) is 0 Å². The van der Waals surface area contributed by atoms with E-state index in [1.165, 1.54) is 5.56 Å². The molecule has 1 amide bonds. The molecule has 3 fully saturated rings. The van der Waals surface area contributed by atoms with Gasteiger partial charge in [-0.3, -0.25) is 14.7 Å². The topological polar surface area (TPSA) is 54.9 Å². The summed E-state index contributed by atoms with van der Waals surface area (Å²) in [6, 6.07) is 12.4. The van der Waals surface area contributed by atoms with Crippen molar-refractivity contribution < 1.29 is 14.3 Å². The lowest BCUT2D eigenvalue weighted by molar-refractivity contribution is -0.132. The fourth-order valence-electron chi connectivity index (χ4n) is 4.89. The molecule has 3 aliphatic rings. The summed E-state index contributed by atoms with van der Waals surface area (Å²) in [5, 5.41) is 0. The Morgan fingerprint density at radius 3 is 2.52 bits per heavy atom. The van der Waals surface area contributed by atoms with Crippen LogP contribution in [0.5, 0.6) is 5.75 Å². The van der Waals surface area contributed by atoms with Crippen LogP contribution in [0, 0.1) is 0 Å². The lowest BCUT2D eigenvalue weighted by atomic mass is 9.94. The molecular weight excluding hydrogens is 390 g/mol. The summed E-state index contributed by atoms with van der Waals surface area (Å²) in [6.45, 7) is 6.82. The maximum atomic E-state index is 13.4. The van der Waals surface area contributed by atoms with Gasteiger partial charge in [-0.25, -0.2) is 0 Å². The third-order valence-electron chi connectivity index (χ3n) is 7.00. The van der Waals surface area contributed by atoms with Gasteiger partial charge in [0, 0.05) is 51.0 Å². The van der Waals surface area contributed by atoms with E-state index in [9.17, 15) is 4.79 Å². The number of hydrogen-bond donors (Lipinski definition) is 0. The molecule has 0 spiro atoms. The molecule has 1 saturated carbocycles. The highest BCUT2D eigenvalue weighted by Gasteiger charge is 2.53. The molecule has 6 heteroatoms. The predicted molar refractivity (Wildman–Crippen MR) is 118 cm³/mol. The number of benzene rings is 1. The standard InChI is InChI=1S/C25H31N3O3/c29-24(28-12-7-21(19-28)20-5-10-26-11-6-20)25(8-9-25)22-1-3-23(4-2-22)31-18-15-27-13-16-30-17-14-27/h1-6,10-11,21H,7-9,12-19H2. The highest BCUT2D eigenvalue weighted by Crippen LogP contribution is 2.50. The molecule has 6 nitrogen and oxygen atoms in total. The molecule has 2 saturated heterocycles. The van der Waals surface area contributed by atoms with Gasteiger partial charge in [-0.05, 0) is 54.7 Å². The number of aromatic nitrogens is 1. The summed E-state index contributed by atoms with van der Waals surface area (Å²) in [7, 11) is 0. The van der Waals surface area contributed by atoms with Gasteiger partial charge in [0.1, 0.15) is 12.4 Å². The molecule has 1 aromatic heterocycles. The predicted octanol–water partition coefficient (Wildman–Crippen LogP) is 2.84. The summed E-state index contributed by atoms with van der Waals surface area (Å²) < 4.78 is 11.3. The summed E-state index contributed by atoms with van der Waals surface area (Å²) >= 11 is 0. The van der Waals surface area contributed by atoms with E-state index >= 15 is 0 Å². The highest BCUT2D eigenvalue weighted by atomic mass is 16.5. The van der Waals surface area contributed by atoms with Crippen LogP contribution in [-0.2, 0) is 14.9 Å². The molecule has 1 unspecified atom stereocenters. The molecule has 0 radical (unpaired) electrons. The van der Waals surface area contributed by atoms with Crippen molar-refractivity contribution >= 4 is 5.91 Å². The Morgan fingerprint density at radius 1 is 1.06 bits per heavy atom. The first-order valence-electron chi connectivity index (χ1n) is 11.5. The molecule has 31 heavy (non-hydrogen) atoms. The number of rotatable bonds is 7. The zero-order valence-corrected chi connectivity index (χ0v) is 18.0. The van der Waals surface area contributed by atoms with E-state index in [2.05, 4.69) is 39.0 Å². The van der Waals surface area contributed by atoms with Crippen molar-refractivity contribution in [1.82, 2.24) is 14.8 Å². The molecule has 5 rings (SSSR count). The van der Waals surface area contributed by atoms with Crippen molar-refractivity contribution in [3.8, 4) is 5.75 Å². The first-order valence-corrected chi connectivity index (χ1v) is 11.5. The van der Waals surface area contributed by atoms with Gasteiger partial charge in [-0.15, -0.1) is 0 Å². The van der Waals surface area contributed by atoms with Crippen LogP contribution in [0.4, 0.5) is 0 Å². The lowest BCUT2D eigenvalue weighted by Crippen LogP contribution is -2.38. The zero-order valence-electron chi connectivity index (χ0n) is 18.0. The van der Waals surface area contributed by atoms with Crippen molar-refractivity contribution in [2.45, 2.75) is 30.6 Å². The normalized spacial score (nSPS) is 23.0. The second-order valence-corrected chi connectivity index (χ2v) is 8.93. The number of pyridine rings is 1. The quantitative estimate of drug-likeness (QED) is 0.688. The van der Waals surface area contributed by atoms with Crippen LogP contribution >= 0.6 is 0 Å². The smallest absolute Gasteiger partial charge is 0.233 e. The molecule has 2 aromatic rings. The number of morpholine rings is 1. The number of amides is 1. The molecule has 1 aromatic carbocycles. The molecule has 0 bridgehead atoms. The molecule has 1 aliphatic carbocycles. The van der Waals surface area contributed by atoms with Crippen LogP contribution in [0.1, 0.15) is 36.3 Å². The van der Waals surface area contributed by atoms with E-state index in [1.807, 2.05) is 24.5 Å². The van der Waals surface area contributed by atoms with Crippen molar-refractivity contribution in [1.29, 1.82) is 0 Å². The summed E-state index contributed by atoms with van der Waals surface area (Å²) in [5.41, 5.74) is 2.10. The van der Waals surface area contributed by atoms with E-state index in [1.54, 1.807) is 0 Å². The third kappa shape index (κ3) is 4.46. The largest absolute Gasteiger partial charge is 0.492 e. The van der Waals surface area contributed by atoms with Crippen molar-refractivity contribution in [2.75, 3.05) is 52.5 Å². The van der Waals surface area contributed by atoms with E-state index in [0.717, 1.165) is 76.5 Å². The first kappa shape index (κ1) is 20.5. The Kier molecular flexibility index (Phi) is 5.92. The summed E-state index contributed by atoms with van der Waals surface area (Å²) in [4.78, 5) is 22.0. The molecule has 0 N–H and O–H groups in total. The number of hydrogen-bond acceptors (Lipinski definition) is 5. The Morgan fingerprint density at radius 2 is 1.81 bits per heavy atom. The number of carbonyl (C=O) groups is 1. The number of carbonyl (C=O) groups excluding carboxylic acids is 1. The van der Waals surface area contributed by atoms with Gasteiger partial charge in [-0.1, -0.05) is 12.1 Å². The van der Waals surface area contributed by atoms with Crippen LogP contribution in [-0.4, -0.2) is 73.2 Å². The molecule has 164 valence electrons.